The highest BCUT2D eigenvalue weighted by atomic mass is 16.5. The van der Waals surface area contributed by atoms with Gasteiger partial charge in [-0.1, -0.05) is 20.8 Å². The van der Waals surface area contributed by atoms with E-state index >= 15 is 0 Å². The molecule has 0 aromatic carbocycles. The molecular formula is C11H20O2. The number of aliphatic hydroxyl groups is 1. The Morgan fingerprint density at radius 2 is 1.92 bits per heavy atom. The molecule has 2 saturated carbocycles. The zero-order chi connectivity index (χ0) is 9.85. The van der Waals surface area contributed by atoms with Crippen LogP contribution in [0.25, 0.3) is 0 Å². The van der Waals surface area contributed by atoms with Crippen LogP contribution in [0.1, 0.15) is 33.6 Å². The minimum Gasteiger partial charge on any atom is -0.393 e. The van der Waals surface area contributed by atoms with Gasteiger partial charge in [-0.05, 0) is 24.2 Å². The minimum atomic E-state index is -0.126. The Kier molecular flexibility index (Phi) is 1.81. The van der Waals surface area contributed by atoms with Crippen LogP contribution in [-0.2, 0) is 4.74 Å². The topological polar surface area (TPSA) is 29.5 Å². The molecule has 2 bridgehead atoms. The molecule has 0 spiro atoms. The third-order valence-electron chi connectivity index (χ3n) is 4.99. The van der Waals surface area contributed by atoms with E-state index in [-0.39, 0.29) is 16.9 Å². The van der Waals surface area contributed by atoms with E-state index < -0.39 is 0 Å². The van der Waals surface area contributed by atoms with E-state index in [0.717, 1.165) is 12.8 Å². The van der Waals surface area contributed by atoms with Crippen LogP contribution in [0.2, 0.25) is 0 Å². The SMILES string of the molecule is COC1CC2(C)C(O)CC1C2(C)C. The van der Waals surface area contributed by atoms with E-state index in [1.54, 1.807) is 7.11 Å². The third kappa shape index (κ3) is 0.909. The number of methoxy groups -OCH3 is 1. The number of hydrogen-bond donors (Lipinski definition) is 1. The maximum atomic E-state index is 9.97. The summed E-state index contributed by atoms with van der Waals surface area (Å²) in [7, 11) is 1.79. The monoisotopic (exact) mass is 184 g/mol. The van der Waals surface area contributed by atoms with E-state index in [2.05, 4.69) is 20.8 Å². The van der Waals surface area contributed by atoms with Gasteiger partial charge >= 0.3 is 0 Å². The summed E-state index contributed by atoms with van der Waals surface area (Å²) in [5.74, 6) is 0.539. The summed E-state index contributed by atoms with van der Waals surface area (Å²) in [5.41, 5.74) is 0.297. The van der Waals surface area contributed by atoms with Crippen LogP contribution in [0.5, 0.6) is 0 Å². The first-order chi connectivity index (χ1) is 5.93. The Balaban J connectivity index is 2.34. The molecule has 0 heterocycles. The molecule has 2 fully saturated rings. The second kappa shape index (κ2) is 2.48. The Bertz CT molecular complexity index is 224. The van der Waals surface area contributed by atoms with Crippen LogP contribution in [0.15, 0.2) is 0 Å². The van der Waals surface area contributed by atoms with Gasteiger partial charge < -0.3 is 9.84 Å². The summed E-state index contributed by atoms with van der Waals surface area (Å²) in [5, 5.41) is 9.97. The fraction of sp³-hybridized carbons (Fsp3) is 1.00. The maximum Gasteiger partial charge on any atom is 0.0612 e. The third-order valence-corrected chi connectivity index (χ3v) is 4.99. The van der Waals surface area contributed by atoms with Gasteiger partial charge in [-0.3, -0.25) is 0 Å². The number of hydrogen-bond acceptors (Lipinski definition) is 2. The van der Waals surface area contributed by atoms with E-state index in [0.29, 0.717) is 12.0 Å². The van der Waals surface area contributed by atoms with Crippen molar-refractivity contribution in [3.05, 3.63) is 0 Å². The van der Waals surface area contributed by atoms with Crippen molar-refractivity contribution >= 4 is 0 Å². The molecule has 2 aliphatic rings. The second-order valence-corrected chi connectivity index (χ2v) is 5.48. The van der Waals surface area contributed by atoms with Crippen molar-refractivity contribution in [2.75, 3.05) is 7.11 Å². The molecule has 76 valence electrons. The molecule has 0 saturated heterocycles. The lowest BCUT2D eigenvalue weighted by molar-refractivity contribution is -0.0194. The quantitative estimate of drug-likeness (QED) is 0.673. The van der Waals surface area contributed by atoms with Gasteiger partial charge in [-0.25, -0.2) is 0 Å². The molecule has 13 heavy (non-hydrogen) atoms. The van der Waals surface area contributed by atoms with Crippen LogP contribution in [-0.4, -0.2) is 24.4 Å². The average molecular weight is 184 g/mol. The first-order valence-corrected chi connectivity index (χ1v) is 5.14. The highest BCUT2D eigenvalue weighted by molar-refractivity contribution is 5.14. The van der Waals surface area contributed by atoms with Crippen LogP contribution in [0.3, 0.4) is 0 Å². The number of fused-ring (bicyclic) bond motifs is 2. The average Bonchev–Trinajstić information content (AvgIpc) is 2.34. The number of ether oxygens (including phenoxy) is 1. The lowest BCUT2D eigenvalue weighted by Gasteiger charge is -2.36. The summed E-state index contributed by atoms with van der Waals surface area (Å²) in [6.07, 6.45) is 2.17. The molecule has 2 aliphatic carbocycles. The molecule has 0 aromatic heterocycles. The van der Waals surface area contributed by atoms with Crippen LogP contribution < -0.4 is 0 Å². The van der Waals surface area contributed by atoms with Gasteiger partial charge in [0.05, 0.1) is 12.2 Å². The first-order valence-electron chi connectivity index (χ1n) is 5.14. The lowest BCUT2D eigenvalue weighted by atomic mass is 9.70. The number of rotatable bonds is 1. The lowest BCUT2D eigenvalue weighted by Crippen LogP contribution is -2.36. The Labute approximate surface area is 80.3 Å². The largest absolute Gasteiger partial charge is 0.393 e. The normalized spacial score (nSPS) is 52.8. The van der Waals surface area contributed by atoms with Crippen molar-refractivity contribution < 1.29 is 9.84 Å². The van der Waals surface area contributed by atoms with Gasteiger partial charge in [0.25, 0.3) is 0 Å². The first kappa shape index (κ1) is 9.47. The van der Waals surface area contributed by atoms with E-state index in [4.69, 9.17) is 4.74 Å². The van der Waals surface area contributed by atoms with Crippen molar-refractivity contribution in [3.8, 4) is 0 Å². The summed E-state index contributed by atoms with van der Waals surface area (Å²) >= 11 is 0. The van der Waals surface area contributed by atoms with Crippen molar-refractivity contribution in [3.63, 3.8) is 0 Å². The molecule has 0 aromatic rings. The second-order valence-electron chi connectivity index (χ2n) is 5.48. The molecule has 1 N–H and O–H groups in total. The molecule has 0 radical (unpaired) electrons. The molecule has 2 rings (SSSR count). The summed E-state index contributed by atoms with van der Waals surface area (Å²) < 4.78 is 5.48. The smallest absolute Gasteiger partial charge is 0.0612 e. The minimum absolute atomic E-state index is 0.0678. The Morgan fingerprint density at radius 3 is 2.23 bits per heavy atom. The van der Waals surface area contributed by atoms with Crippen molar-refractivity contribution in [1.29, 1.82) is 0 Å². The van der Waals surface area contributed by atoms with Gasteiger partial charge in [0.1, 0.15) is 0 Å². The zero-order valence-electron chi connectivity index (χ0n) is 9.00. The highest BCUT2D eigenvalue weighted by Gasteiger charge is 2.65. The summed E-state index contributed by atoms with van der Waals surface area (Å²) in [6.45, 7) is 6.75. The zero-order valence-corrected chi connectivity index (χ0v) is 9.00. The summed E-state index contributed by atoms with van der Waals surface area (Å²) in [4.78, 5) is 0. The molecular weight excluding hydrogens is 164 g/mol. The van der Waals surface area contributed by atoms with Gasteiger partial charge in [0, 0.05) is 12.5 Å². The molecule has 0 amide bonds. The Morgan fingerprint density at radius 1 is 1.31 bits per heavy atom. The fourth-order valence-electron chi connectivity index (χ4n) is 3.47. The fourth-order valence-corrected chi connectivity index (χ4v) is 3.47. The standard InChI is InChI=1S/C11H20O2/c1-10(2)7-5-9(12)11(10,3)6-8(7)13-4/h7-9,12H,5-6H2,1-4H3. The molecule has 2 nitrogen and oxygen atoms in total. The summed E-state index contributed by atoms with van der Waals surface area (Å²) in [6, 6.07) is 0. The molecule has 4 unspecified atom stereocenters. The maximum absolute atomic E-state index is 9.97. The van der Waals surface area contributed by atoms with Gasteiger partial charge in [-0.2, -0.15) is 0 Å². The van der Waals surface area contributed by atoms with Gasteiger partial charge in [-0.15, -0.1) is 0 Å². The highest BCUT2D eigenvalue weighted by Crippen LogP contribution is 2.65. The van der Waals surface area contributed by atoms with Gasteiger partial charge in [0.2, 0.25) is 0 Å². The van der Waals surface area contributed by atoms with Crippen LogP contribution in [0.4, 0.5) is 0 Å². The van der Waals surface area contributed by atoms with Gasteiger partial charge in [0.15, 0.2) is 0 Å². The predicted octanol–water partition coefficient (Wildman–Crippen LogP) is 1.82. The predicted molar refractivity (Wildman–Crippen MR) is 51.4 cm³/mol. The van der Waals surface area contributed by atoms with Crippen LogP contribution in [0, 0.1) is 16.7 Å². The van der Waals surface area contributed by atoms with Crippen molar-refractivity contribution in [2.45, 2.75) is 45.8 Å². The van der Waals surface area contributed by atoms with E-state index in [9.17, 15) is 5.11 Å². The van der Waals surface area contributed by atoms with E-state index in [1.807, 2.05) is 0 Å². The van der Waals surface area contributed by atoms with Crippen molar-refractivity contribution in [1.82, 2.24) is 0 Å². The van der Waals surface area contributed by atoms with Crippen LogP contribution >= 0.6 is 0 Å². The Hall–Kier alpha value is -0.0800. The number of aliphatic hydroxyl groups excluding tert-OH is 1. The molecule has 0 aliphatic heterocycles. The van der Waals surface area contributed by atoms with Crippen molar-refractivity contribution in [2.24, 2.45) is 16.7 Å². The molecule has 4 atom stereocenters. The van der Waals surface area contributed by atoms with E-state index in [1.165, 1.54) is 0 Å². The molecule has 2 heteroatoms.